The summed E-state index contributed by atoms with van der Waals surface area (Å²) in [6, 6.07) is 0. The van der Waals surface area contributed by atoms with Crippen LogP contribution in [-0.4, -0.2) is 37.6 Å². The molecule has 2 unspecified atom stereocenters. The summed E-state index contributed by atoms with van der Waals surface area (Å²) in [6.45, 7) is 4.94. The largest absolute Gasteiger partial charge is 0.634 e. The van der Waals surface area contributed by atoms with Gasteiger partial charge in [0.15, 0.2) is 0 Å². The normalized spacial score (nSPS) is 31.5. The number of quaternary nitrogens is 1. The SMILES string of the molecule is [O-][NH+]1CCC(CC#CCN2CCCC2)C1. The number of nitrogens with one attached hydrogen (secondary N) is 1. The minimum atomic E-state index is 0.432. The lowest BCUT2D eigenvalue weighted by molar-refractivity contribution is -0.835. The van der Waals surface area contributed by atoms with Crippen molar-refractivity contribution >= 4 is 0 Å². The standard InChI is InChI=1S/C12H20N2O/c15-14-10-6-12(11-14)5-1-2-7-13-8-3-4-9-13/h12,14H,3-11H2. The molecule has 2 atom stereocenters. The molecule has 3 heteroatoms. The highest BCUT2D eigenvalue weighted by Crippen LogP contribution is 2.08. The Balaban J connectivity index is 1.62. The van der Waals surface area contributed by atoms with Crippen molar-refractivity contribution in [1.29, 1.82) is 0 Å². The average molecular weight is 208 g/mol. The first kappa shape index (κ1) is 10.9. The van der Waals surface area contributed by atoms with Gasteiger partial charge in [0, 0.05) is 18.8 Å². The first-order valence-corrected chi connectivity index (χ1v) is 6.04. The third-order valence-electron chi connectivity index (χ3n) is 3.36. The molecule has 84 valence electrons. The minimum Gasteiger partial charge on any atom is -0.634 e. The lowest BCUT2D eigenvalue weighted by Crippen LogP contribution is -3.05. The van der Waals surface area contributed by atoms with Gasteiger partial charge in [0.1, 0.15) is 0 Å². The van der Waals surface area contributed by atoms with Crippen molar-refractivity contribution in [3.63, 3.8) is 0 Å². The molecular weight excluding hydrogens is 188 g/mol. The molecule has 0 aromatic heterocycles. The van der Waals surface area contributed by atoms with Crippen molar-refractivity contribution in [3.05, 3.63) is 5.21 Å². The summed E-state index contributed by atoms with van der Waals surface area (Å²) >= 11 is 0. The molecule has 15 heavy (non-hydrogen) atoms. The second kappa shape index (κ2) is 5.50. The summed E-state index contributed by atoms with van der Waals surface area (Å²) in [5, 5.41) is 11.5. The van der Waals surface area contributed by atoms with E-state index in [1.54, 1.807) is 0 Å². The molecule has 2 saturated heterocycles. The highest BCUT2D eigenvalue weighted by molar-refractivity contribution is 5.02. The van der Waals surface area contributed by atoms with Crippen LogP contribution in [0.2, 0.25) is 0 Å². The Morgan fingerprint density at radius 2 is 2.07 bits per heavy atom. The Morgan fingerprint density at radius 1 is 1.27 bits per heavy atom. The number of hydrogen-bond donors (Lipinski definition) is 1. The highest BCUT2D eigenvalue weighted by atomic mass is 16.5. The van der Waals surface area contributed by atoms with Crippen molar-refractivity contribution in [3.8, 4) is 11.8 Å². The molecule has 0 aromatic rings. The fourth-order valence-corrected chi connectivity index (χ4v) is 2.39. The Morgan fingerprint density at radius 3 is 2.73 bits per heavy atom. The van der Waals surface area contributed by atoms with Crippen LogP contribution in [0.4, 0.5) is 0 Å². The molecule has 0 amide bonds. The number of rotatable bonds is 2. The molecule has 2 aliphatic heterocycles. The van der Waals surface area contributed by atoms with E-state index in [2.05, 4.69) is 16.7 Å². The lowest BCUT2D eigenvalue weighted by Gasteiger charge is -2.13. The van der Waals surface area contributed by atoms with Crippen LogP contribution in [0.25, 0.3) is 0 Å². The zero-order valence-electron chi connectivity index (χ0n) is 9.30. The maximum Gasteiger partial charge on any atom is 0.0808 e. The number of nitrogens with zero attached hydrogens (tertiary/aromatic N) is 1. The predicted molar refractivity (Wildman–Crippen MR) is 60.2 cm³/mol. The molecule has 0 aromatic carbocycles. The molecule has 2 heterocycles. The molecular formula is C12H20N2O. The second-order valence-electron chi connectivity index (χ2n) is 4.69. The summed E-state index contributed by atoms with van der Waals surface area (Å²) in [6.07, 6.45) is 4.66. The van der Waals surface area contributed by atoms with E-state index in [1.165, 1.54) is 25.9 Å². The molecule has 0 aliphatic carbocycles. The third kappa shape index (κ3) is 3.49. The Labute approximate surface area is 92.0 Å². The number of likely N-dealkylation sites (tertiary alicyclic amines) is 1. The van der Waals surface area contributed by atoms with Crippen LogP contribution < -0.4 is 5.06 Å². The zero-order chi connectivity index (χ0) is 10.5. The second-order valence-corrected chi connectivity index (χ2v) is 4.69. The van der Waals surface area contributed by atoms with Gasteiger partial charge in [0.25, 0.3) is 0 Å². The highest BCUT2D eigenvalue weighted by Gasteiger charge is 2.19. The van der Waals surface area contributed by atoms with Gasteiger partial charge in [-0.2, -0.15) is 0 Å². The smallest absolute Gasteiger partial charge is 0.0808 e. The van der Waals surface area contributed by atoms with Gasteiger partial charge in [0.2, 0.25) is 0 Å². The number of hydrogen-bond acceptors (Lipinski definition) is 2. The molecule has 0 bridgehead atoms. The fourth-order valence-electron chi connectivity index (χ4n) is 2.39. The zero-order valence-corrected chi connectivity index (χ0v) is 9.30. The van der Waals surface area contributed by atoms with E-state index in [9.17, 15) is 5.21 Å². The van der Waals surface area contributed by atoms with E-state index in [-0.39, 0.29) is 0 Å². The van der Waals surface area contributed by atoms with Crippen molar-refractivity contribution in [1.82, 2.24) is 4.90 Å². The van der Waals surface area contributed by atoms with Crippen molar-refractivity contribution in [2.75, 3.05) is 32.7 Å². The van der Waals surface area contributed by atoms with Crippen LogP contribution >= 0.6 is 0 Å². The van der Waals surface area contributed by atoms with Crippen molar-refractivity contribution in [2.24, 2.45) is 5.92 Å². The molecule has 0 spiro atoms. The maximum absolute atomic E-state index is 11.0. The van der Waals surface area contributed by atoms with E-state index in [0.717, 1.165) is 32.5 Å². The van der Waals surface area contributed by atoms with Crippen LogP contribution in [0.1, 0.15) is 25.7 Å². The van der Waals surface area contributed by atoms with Gasteiger partial charge >= 0.3 is 0 Å². The van der Waals surface area contributed by atoms with Gasteiger partial charge in [-0.15, -0.1) is 5.92 Å². The molecule has 2 aliphatic rings. The molecule has 0 saturated carbocycles. The average Bonchev–Trinajstić information content (AvgIpc) is 2.84. The van der Waals surface area contributed by atoms with Crippen LogP contribution in [0.5, 0.6) is 0 Å². The van der Waals surface area contributed by atoms with Crippen molar-refractivity contribution < 1.29 is 5.06 Å². The molecule has 0 radical (unpaired) electrons. The Bertz CT molecular complexity index is 250. The molecule has 3 nitrogen and oxygen atoms in total. The van der Waals surface area contributed by atoms with Crippen LogP contribution in [0, 0.1) is 23.0 Å². The van der Waals surface area contributed by atoms with E-state index >= 15 is 0 Å². The minimum absolute atomic E-state index is 0.432. The quantitative estimate of drug-likeness (QED) is 0.506. The maximum atomic E-state index is 11.0. The van der Waals surface area contributed by atoms with E-state index < -0.39 is 0 Å². The van der Waals surface area contributed by atoms with E-state index in [0.29, 0.717) is 11.0 Å². The van der Waals surface area contributed by atoms with Gasteiger partial charge in [0.05, 0.1) is 19.6 Å². The predicted octanol–water partition coefficient (Wildman–Crippen LogP) is -0.122. The van der Waals surface area contributed by atoms with Crippen LogP contribution in [-0.2, 0) is 0 Å². The fraction of sp³-hybridized carbons (Fsp3) is 0.833. The van der Waals surface area contributed by atoms with Gasteiger partial charge in [-0.25, -0.2) is 0 Å². The molecule has 1 N–H and O–H groups in total. The summed E-state index contributed by atoms with van der Waals surface area (Å²) in [7, 11) is 0. The van der Waals surface area contributed by atoms with Gasteiger partial charge < -0.3 is 10.3 Å². The van der Waals surface area contributed by atoms with E-state index in [1.807, 2.05) is 0 Å². The van der Waals surface area contributed by atoms with Crippen LogP contribution in [0.3, 0.4) is 0 Å². The van der Waals surface area contributed by atoms with Gasteiger partial charge in [-0.1, -0.05) is 5.92 Å². The summed E-state index contributed by atoms with van der Waals surface area (Å²) in [5.41, 5.74) is 0. The number of hydroxylamine groups is 2. The summed E-state index contributed by atoms with van der Waals surface area (Å²) in [4.78, 5) is 2.41. The van der Waals surface area contributed by atoms with Gasteiger partial charge in [-0.05, 0) is 25.9 Å². The van der Waals surface area contributed by atoms with Crippen LogP contribution in [0.15, 0.2) is 0 Å². The summed E-state index contributed by atoms with van der Waals surface area (Å²) < 4.78 is 0. The van der Waals surface area contributed by atoms with Gasteiger partial charge in [-0.3, -0.25) is 4.90 Å². The third-order valence-corrected chi connectivity index (χ3v) is 3.36. The molecule has 2 fully saturated rings. The lowest BCUT2D eigenvalue weighted by atomic mass is 10.1. The van der Waals surface area contributed by atoms with Crippen molar-refractivity contribution in [2.45, 2.75) is 25.7 Å². The molecule has 2 rings (SSSR count). The first-order valence-electron chi connectivity index (χ1n) is 6.04. The van der Waals surface area contributed by atoms with E-state index in [4.69, 9.17) is 0 Å². The first-order chi connectivity index (χ1) is 7.34. The monoisotopic (exact) mass is 208 g/mol. The Kier molecular flexibility index (Phi) is 4.01. The Hall–Kier alpha value is -0.560. The topological polar surface area (TPSA) is 30.7 Å². The summed E-state index contributed by atoms with van der Waals surface area (Å²) in [5.74, 6) is 7.02.